The second kappa shape index (κ2) is 3.92. The number of amides is 2. The zero-order valence-corrected chi connectivity index (χ0v) is 9.80. The molecule has 0 saturated carbocycles. The van der Waals surface area contributed by atoms with Crippen LogP contribution in [0.4, 0.5) is 0 Å². The summed E-state index contributed by atoms with van der Waals surface area (Å²) in [6.07, 6.45) is 2.90. The van der Waals surface area contributed by atoms with Gasteiger partial charge in [-0.25, -0.2) is 0 Å². The molecule has 0 radical (unpaired) electrons. The summed E-state index contributed by atoms with van der Waals surface area (Å²) in [5.74, 6) is -0.645. The van der Waals surface area contributed by atoms with Crippen molar-refractivity contribution in [1.82, 2.24) is 9.88 Å². The van der Waals surface area contributed by atoms with E-state index in [9.17, 15) is 14.7 Å². The first-order valence-corrected chi connectivity index (χ1v) is 5.37. The maximum Gasteiger partial charge on any atom is 0.263 e. The van der Waals surface area contributed by atoms with E-state index in [0.29, 0.717) is 11.1 Å². The minimum Gasteiger partial charge on any atom is -0.396 e. The van der Waals surface area contributed by atoms with Gasteiger partial charge in [0.1, 0.15) is 0 Å². The lowest BCUT2D eigenvalue weighted by atomic mass is 9.94. The van der Waals surface area contributed by atoms with Crippen LogP contribution in [0.15, 0.2) is 18.5 Å². The summed E-state index contributed by atoms with van der Waals surface area (Å²) in [6, 6.07) is 1.54. The molecular formula is C12H14N2O3. The quantitative estimate of drug-likeness (QED) is 0.781. The second-order valence-corrected chi connectivity index (χ2v) is 4.94. The highest BCUT2D eigenvalue weighted by Crippen LogP contribution is 2.25. The first-order valence-electron chi connectivity index (χ1n) is 5.37. The van der Waals surface area contributed by atoms with Gasteiger partial charge in [0.2, 0.25) is 0 Å². The Labute approximate surface area is 99.1 Å². The van der Waals surface area contributed by atoms with Crippen molar-refractivity contribution in [1.29, 1.82) is 0 Å². The van der Waals surface area contributed by atoms with Crippen molar-refractivity contribution in [2.24, 2.45) is 5.41 Å². The van der Waals surface area contributed by atoms with Crippen molar-refractivity contribution in [2.45, 2.75) is 13.8 Å². The van der Waals surface area contributed by atoms with Gasteiger partial charge in [-0.15, -0.1) is 0 Å². The Bertz CT molecular complexity index is 447. The van der Waals surface area contributed by atoms with Crippen molar-refractivity contribution in [2.75, 3.05) is 13.2 Å². The summed E-state index contributed by atoms with van der Waals surface area (Å²) in [4.78, 5) is 29.0. The van der Waals surface area contributed by atoms with Crippen molar-refractivity contribution in [3.8, 4) is 0 Å². The molecule has 2 rings (SSSR count). The molecular weight excluding hydrogens is 220 g/mol. The molecule has 0 aliphatic carbocycles. The summed E-state index contributed by atoms with van der Waals surface area (Å²) >= 11 is 0. The van der Waals surface area contributed by atoms with Gasteiger partial charge in [0.25, 0.3) is 11.8 Å². The molecule has 1 aliphatic rings. The van der Waals surface area contributed by atoms with Crippen LogP contribution < -0.4 is 0 Å². The maximum absolute atomic E-state index is 12.0. The number of hydrogen-bond acceptors (Lipinski definition) is 4. The molecule has 0 fully saturated rings. The number of rotatable bonds is 3. The van der Waals surface area contributed by atoms with Gasteiger partial charge in [-0.2, -0.15) is 0 Å². The van der Waals surface area contributed by atoms with Gasteiger partial charge in [0, 0.05) is 31.0 Å². The molecule has 2 amide bonds. The van der Waals surface area contributed by atoms with Crippen LogP contribution in [0.5, 0.6) is 0 Å². The summed E-state index contributed by atoms with van der Waals surface area (Å²) in [7, 11) is 0. The van der Waals surface area contributed by atoms with E-state index in [1.54, 1.807) is 19.9 Å². The minimum absolute atomic E-state index is 0.0847. The predicted octanol–water partition coefficient (Wildman–Crippen LogP) is 0.696. The Morgan fingerprint density at radius 2 is 1.94 bits per heavy atom. The third kappa shape index (κ3) is 1.93. The van der Waals surface area contributed by atoms with Crippen molar-refractivity contribution in [3.05, 3.63) is 29.6 Å². The van der Waals surface area contributed by atoms with E-state index in [1.807, 2.05) is 0 Å². The number of aliphatic hydroxyl groups is 1. The number of aromatic nitrogens is 1. The number of carbonyl (C=O) groups excluding carboxylic acids is 2. The molecule has 1 aromatic rings. The summed E-state index contributed by atoms with van der Waals surface area (Å²) in [5.41, 5.74) is 0.228. The first kappa shape index (κ1) is 11.7. The molecule has 0 atom stereocenters. The molecule has 0 unspecified atom stereocenters. The van der Waals surface area contributed by atoms with Crippen molar-refractivity contribution in [3.63, 3.8) is 0 Å². The summed E-state index contributed by atoms with van der Waals surface area (Å²) in [5, 5.41) is 9.18. The average Bonchev–Trinajstić information content (AvgIpc) is 2.55. The fraction of sp³-hybridized carbons (Fsp3) is 0.417. The topological polar surface area (TPSA) is 70.5 Å². The molecule has 0 spiro atoms. The molecule has 0 aromatic carbocycles. The summed E-state index contributed by atoms with van der Waals surface area (Å²) < 4.78 is 0. The van der Waals surface area contributed by atoms with Gasteiger partial charge in [0.15, 0.2) is 0 Å². The van der Waals surface area contributed by atoms with Crippen LogP contribution in [-0.2, 0) is 0 Å². The number of carbonyl (C=O) groups is 2. The smallest absolute Gasteiger partial charge is 0.263 e. The standard InChI is InChI=1S/C12H14N2O3/c1-12(2,7-15)6-14-10(16)8-3-4-13-5-9(8)11(14)17/h3-5,15H,6-7H2,1-2H3. The Hall–Kier alpha value is -1.75. The predicted molar refractivity (Wildman–Crippen MR) is 60.5 cm³/mol. The number of fused-ring (bicyclic) bond motifs is 1. The highest BCUT2D eigenvalue weighted by atomic mass is 16.3. The molecule has 90 valence electrons. The third-order valence-electron chi connectivity index (χ3n) is 2.79. The largest absolute Gasteiger partial charge is 0.396 e. The lowest BCUT2D eigenvalue weighted by molar-refractivity contribution is 0.0529. The minimum atomic E-state index is -0.499. The van der Waals surface area contributed by atoms with E-state index < -0.39 is 5.41 Å². The molecule has 1 aromatic heterocycles. The number of pyridine rings is 1. The summed E-state index contributed by atoms with van der Waals surface area (Å²) in [6.45, 7) is 3.72. The van der Waals surface area contributed by atoms with Crippen molar-refractivity contribution < 1.29 is 14.7 Å². The number of hydrogen-bond donors (Lipinski definition) is 1. The molecule has 5 nitrogen and oxygen atoms in total. The molecule has 5 heteroatoms. The van der Waals surface area contributed by atoms with Gasteiger partial charge in [-0.3, -0.25) is 19.5 Å². The van der Waals surface area contributed by atoms with Gasteiger partial charge >= 0.3 is 0 Å². The van der Waals surface area contributed by atoms with Crippen LogP contribution in [0.25, 0.3) is 0 Å². The van der Waals surface area contributed by atoms with Gasteiger partial charge < -0.3 is 5.11 Å². The van der Waals surface area contributed by atoms with E-state index in [4.69, 9.17) is 0 Å². The Morgan fingerprint density at radius 1 is 1.29 bits per heavy atom. The van der Waals surface area contributed by atoms with E-state index in [0.717, 1.165) is 0 Å². The Kier molecular flexibility index (Phi) is 2.71. The molecule has 0 bridgehead atoms. The Morgan fingerprint density at radius 3 is 2.53 bits per heavy atom. The van der Waals surface area contributed by atoms with Gasteiger partial charge in [-0.1, -0.05) is 13.8 Å². The van der Waals surface area contributed by atoms with Gasteiger partial charge in [-0.05, 0) is 6.07 Å². The lowest BCUT2D eigenvalue weighted by Gasteiger charge is -2.26. The fourth-order valence-electron chi connectivity index (χ4n) is 1.76. The van der Waals surface area contributed by atoms with Crippen LogP contribution in [0.2, 0.25) is 0 Å². The molecule has 0 saturated heterocycles. The van der Waals surface area contributed by atoms with Crippen LogP contribution in [0, 0.1) is 5.41 Å². The van der Waals surface area contributed by atoms with E-state index in [-0.39, 0.29) is 25.0 Å². The number of nitrogens with zero attached hydrogens (tertiary/aromatic N) is 2. The molecule has 17 heavy (non-hydrogen) atoms. The van der Waals surface area contributed by atoms with Crippen LogP contribution in [0.1, 0.15) is 34.6 Å². The van der Waals surface area contributed by atoms with Crippen LogP contribution in [-0.4, -0.2) is 40.0 Å². The lowest BCUT2D eigenvalue weighted by Crippen LogP contribution is -2.39. The van der Waals surface area contributed by atoms with Crippen LogP contribution in [0.3, 0.4) is 0 Å². The highest BCUT2D eigenvalue weighted by Gasteiger charge is 2.38. The average molecular weight is 234 g/mol. The fourth-order valence-corrected chi connectivity index (χ4v) is 1.76. The molecule has 1 N–H and O–H groups in total. The molecule has 1 aliphatic heterocycles. The van der Waals surface area contributed by atoms with Crippen molar-refractivity contribution >= 4 is 11.8 Å². The second-order valence-electron chi connectivity index (χ2n) is 4.94. The number of imide groups is 1. The van der Waals surface area contributed by atoms with Crippen LogP contribution >= 0.6 is 0 Å². The normalized spacial score (nSPS) is 15.4. The Balaban J connectivity index is 2.31. The third-order valence-corrected chi connectivity index (χ3v) is 2.79. The SMILES string of the molecule is CC(C)(CO)CN1C(=O)c2ccncc2C1=O. The van der Waals surface area contributed by atoms with E-state index in [2.05, 4.69) is 4.98 Å². The maximum atomic E-state index is 12.0. The molecule has 2 heterocycles. The highest BCUT2D eigenvalue weighted by molar-refractivity contribution is 6.21. The zero-order valence-electron chi connectivity index (χ0n) is 9.80. The first-order chi connectivity index (χ1) is 7.96. The van der Waals surface area contributed by atoms with E-state index in [1.165, 1.54) is 17.3 Å². The monoisotopic (exact) mass is 234 g/mol. The van der Waals surface area contributed by atoms with Gasteiger partial charge in [0.05, 0.1) is 11.1 Å². The zero-order chi connectivity index (χ0) is 12.6. The number of aliphatic hydroxyl groups excluding tert-OH is 1. The van der Waals surface area contributed by atoms with E-state index >= 15 is 0 Å².